The van der Waals surface area contributed by atoms with Gasteiger partial charge in [-0.15, -0.1) is 4.90 Å². The quantitative estimate of drug-likeness (QED) is 0.530. The Morgan fingerprint density at radius 2 is 1.16 bits per heavy atom. The Bertz CT molecular complexity index is 327. The molecule has 114 valence electrons. The first kappa shape index (κ1) is 16.2. The molecule has 0 aliphatic carbocycles. The van der Waals surface area contributed by atoms with Gasteiger partial charge >= 0.3 is 18.3 Å². The molecule has 0 radical (unpaired) electrons. The highest BCUT2D eigenvalue weighted by Crippen LogP contribution is 2.57. The lowest BCUT2D eigenvalue weighted by atomic mass is 9.85. The van der Waals surface area contributed by atoms with Gasteiger partial charge in [0, 0.05) is 0 Å². The van der Waals surface area contributed by atoms with Crippen LogP contribution in [-0.4, -0.2) is 48.0 Å². The second-order valence-corrected chi connectivity index (χ2v) is 3.71. The monoisotopic (exact) mass is 311 g/mol. The van der Waals surface area contributed by atoms with Crippen LogP contribution in [0.1, 0.15) is 0 Å². The molecule has 1 aliphatic heterocycles. The molecule has 0 amide bonds. The molecule has 0 aromatic heterocycles. The number of halogens is 11. The maximum absolute atomic E-state index is 13.2. The summed E-state index contributed by atoms with van der Waals surface area (Å²) in [5.74, 6) is 0. The highest BCUT2D eigenvalue weighted by Gasteiger charge is 2.84. The van der Waals surface area contributed by atoms with E-state index in [0.29, 0.717) is 0 Å². The zero-order valence-corrected chi connectivity index (χ0v) is 8.47. The summed E-state index contributed by atoms with van der Waals surface area (Å²) in [7, 11) is 0. The fourth-order valence-electron chi connectivity index (χ4n) is 1.55. The zero-order valence-electron chi connectivity index (χ0n) is 8.47. The number of nitrogens with zero attached hydrogens (tertiary/aromatic N) is 1. The van der Waals surface area contributed by atoms with Crippen molar-refractivity contribution in [3.63, 3.8) is 0 Å². The highest BCUT2D eigenvalue weighted by atomic mass is 19.4. The van der Waals surface area contributed by atoms with E-state index in [4.69, 9.17) is 0 Å². The third-order valence-electron chi connectivity index (χ3n) is 2.62. The minimum atomic E-state index is -6.68. The number of rotatable bonds is 1. The molecule has 0 bridgehead atoms. The van der Waals surface area contributed by atoms with Gasteiger partial charge in [-0.2, -0.15) is 30.7 Å². The van der Waals surface area contributed by atoms with Gasteiger partial charge in [0.25, 0.3) is 5.67 Å². The molecule has 0 aromatic rings. The maximum Gasteiger partial charge on any atom is 0.428 e. The van der Waals surface area contributed by atoms with Gasteiger partial charge in [-0.25, -0.2) is 17.6 Å². The molecule has 0 N–H and O–H groups in total. The molecular formula is C7H4F11N. The molecule has 1 nitrogen and oxygen atoms in total. The van der Waals surface area contributed by atoms with E-state index in [-0.39, 0.29) is 0 Å². The van der Waals surface area contributed by atoms with E-state index in [0.717, 1.165) is 0 Å². The van der Waals surface area contributed by atoms with Gasteiger partial charge in [-0.3, -0.25) is 0 Å². The second kappa shape index (κ2) is 4.09. The van der Waals surface area contributed by atoms with Crippen LogP contribution in [0.5, 0.6) is 0 Å². The summed E-state index contributed by atoms with van der Waals surface area (Å²) in [5.41, 5.74) is -6.16. The van der Waals surface area contributed by atoms with Crippen molar-refractivity contribution in [2.24, 2.45) is 0 Å². The first-order chi connectivity index (χ1) is 8.25. The van der Waals surface area contributed by atoms with E-state index < -0.39 is 48.0 Å². The van der Waals surface area contributed by atoms with E-state index in [1.807, 2.05) is 0 Å². The zero-order chi connectivity index (χ0) is 15.4. The number of alkyl halides is 11. The van der Waals surface area contributed by atoms with Gasteiger partial charge in [-0.1, -0.05) is 0 Å². The van der Waals surface area contributed by atoms with E-state index in [1.54, 1.807) is 0 Å². The Balaban J connectivity index is 3.48. The van der Waals surface area contributed by atoms with Crippen LogP contribution in [0.3, 0.4) is 0 Å². The Hall–Kier alpha value is -0.810. The molecule has 0 saturated carbocycles. The van der Waals surface area contributed by atoms with Gasteiger partial charge in [0.2, 0.25) is 12.3 Å². The average Bonchev–Trinajstić information content (AvgIpc) is 2.22. The standard InChI is InChI=1S/C7H4F11N/c8-1-19-5(12,13)2(9)4(11,7(16,17)18)3(10)6(19,14)15/h2-3H,1H2. The predicted molar refractivity (Wildman–Crippen MR) is 37.4 cm³/mol. The Morgan fingerprint density at radius 3 is 1.37 bits per heavy atom. The molecule has 1 aliphatic rings. The van der Waals surface area contributed by atoms with Crippen LogP contribution in [0.15, 0.2) is 0 Å². The first-order valence-corrected chi connectivity index (χ1v) is 4.38. The number of likely N-dealkylation sites (tertiary alicyclic amines) is 1. The van der Waals surface area contributed by atoms with Crippen molar-refractivity contribution in [2.75, 3.05) is 6.80 Å². The molecular weight excluding hydrogens is 307 g/mol. The van der Waals surface area contributed by atoms with Gasteiger partial charge in [0.05, 0.1) is 0 Å². The fourth-order valence-corrected chi connectivity index (χ4v) is 1.55. The minimum Gasteiger partial charge on any atom is -0.235 e. The topological polar surface area (TPSA) is 3.24 Å². The molecule has 1 heterocycles. The van der Waals surface area contributed by atoms with E-state index in [1.165, 1.54) is 0 Å². The van der Waals surface area contributed by atoms with Crippen molar-refractivity contribution in [2.45, 2.75) is 36.3 Å². The average molecular weight is 311 g/mol. The van der Waals surface area contributed by atoms with Gasteiger partial charge < -0.3 is 0 Å². The molecule has 1 saturated heterocycles. The van der Waals surface area contributed by atoms with E-state index in [2.05, 4.69) is 0 Å². The van der Waals surface area contributed by atoms with Crippen LogP contribution in [-0.2, 0) is 0 Å². The summed E-state index contributed by atoms with van der Waals surface area (Å²) < 4.78 is 139. The molecule has 2 unspecified atom stereocenters. The van der Waals surface area contributed by atoms with Crippen molar-refractivity contribution in [3.8, 4) is 0 Å². The minimum absolute atomic E-state index is 2.10. The molecule has 0 aromatic carbocycles. The van der Waals surface area contributed by atoms with Crippen LogP contribution >= 0.6 is 0 Å². The van der Waals surface area contributed by atoms with Crippen molar-refractivity contribution in [3.05, 3.63) is 0 Å². The third kappa shape index (κ3) is 1.86. The van der Waals surface area contributed by atoms with Crippen LogP contribution < -0.4 is 0 Å². The Kier molecular flexibility index (Phi) is 3.50. The number of hydrogen-bond donors (Lipinski definition) is 0. The molecule has 12 heteroatoms. The predicted octanol–water partition coefficient (Wildman–Crippen LogP) is 3.36. The van der Waals surface area contributed by atoms with Crippen LogP contribution in [0.4, 0.5) is 48.3 Å². The van der Waals surface area contributed by atoms with Gasteiger partial charge in [-0.05, 0) is 0 Å². The lowest BCUT2D eigenvalue weighted by Crippen LogP contribution is -2.78. The molecule has 1 rings (SSSR count). The normalized spacial score (nSPS) is 39.3. The summed E-state index contributed by atoms with van der Waals surface area (Å²) in [6, 6.07) is -11.8. The second-order valence-electron chi connectivity index (χ2n) is 3.71. The van der Waals surface area contributed by atoms with E-state index in [9.17, 15) is 48.3 Å². The first-order valence-electron chi connectivity index (χ1n) is 4.38. The maximum atomic E-state index is 13.2. The van der Waals surface area contributed by atoms with Crippen LogP contribution in [0.25, 0.3) is 0 Å². The summed E-state index contributed by atoms with van der Waals surface area (Å²) in [6.07, 6.45) is -16.8. The van der Waals surface area contributed by atoms with Crippen LogP contribution in [0, 0.1) is 0 Å². The number of piperidine rings is 1. The fraction of sp³-hybridized carbons (Fsp3) is 1.00. The lowest BCUT2D eigenvalue weighted by molar-refractivity contribution is -0.420. The summed E-state index contributed by atoms with van der Waals surface area (Å²) in [4.78, 5) is -2.10. The summed E-state index contributed by atoms with van der Waals surface area (Å²) in [6.45, 7) is -2.88. The molecule has 19 heavy (non-hydrogen) atoms. The Labute approximate surface area is 97.5 Å². The molecule has 1 fully saturated rings. The lowest BCUT2D eigenvalue weighted by Gasteiger charge is -2.49. The van der Waals surface area contributed by atoms with Crippen molar-refractivity contribution >= 4 is 0 Å². The van der Waals surface area contributed by atoms with Crippen molar-refractivity contribution in [1.82, 2.24) is 4.90 Å². The van der Waals surface area contributed by atoms with Crippen molar-refractivity contribution < 1.29 is 48.3 Å². The third-order valence-corrected chi connectivity index (χ3v) is 2.62. The van der Waals surface area contributed by atoms with Crippen molar-refractivity contribution in [1.29, 1.82) is 0 Å². The Morgan fingerprint density at radius 1 is 0.842 bits per heavy atom. The SMILES string of the molecule is FCN1C(F)(F)C(F)C(F)(C(F)(F)F)C(F)C1(F)F. The number of hydrogen-bond acceptors (Lipinski definition) is 1. The smallest absolute Gasteiger partial charge is 0.235 e. The summed E-state index contributed by atoms with van der Waals surface area (Å²) in [5, 5.41) is 0. The van der Waals surface area contributed by atoms with Gasteiger partial charge in [0.15, 0.2) is 6.80 Å². The van der Waals surface area contributed by atoms with Gasteiger partial charge in [0.1, 0.15) is 0 Å². The van der Waals surface area contributed by atoms with Crippen LogP contribution in [0.2, 0.25) is 0 Å². The molecule has 2 atom stereocenters. The highest BCUT2D eigenvalue weighted by molar-refractivity contribution is 5.13. The largest absolute Gasteiger partial charge is 0.428 e. The summed E-state index contributed by atoms with van der Waals surface area (Å²) >= 11 is 0. The molecule has 0 spiro atoms. The van der Waals surface area contributed by atoms with E-state index >= 15 is 0 Å².